The lowest BCUT2D eigenvalue weighted by Gasteiger charge is -2.35. The average Bonchev–Trinajstić information content (AvgIpc) is 3.49. The predicted octanol–water partition coefficient (Wildman–Crippen LogP) is 3.21. The fraction of sp³-hybridized carbons (Fsp3) is 0.300. The number of thiazole rings is 1. The summed E-state index contributed by atoms with van der Waals surface area (Å²) in [6, 6.07) is 9.48. The molecule has 0 saturated carbocycles. The Morgan fingerprint density at radius 3 is 2.58 bits per heavy atom. The van der Waals surface area contributed by atoms with Gasteiger partial charge in [0.1, 0.15) is 0 Å². The van der Waals surface area contributed by atoms with E-state index in [9.17, 15) is 20.3 Å². The minimum absolute atomic E-state index is 0.00604. The monoisotopic (exact) mass is 441 g/mol. The van der Waals surface area contributed by atoms with Crippen LogP contribution in [-0.2, 0) is 0 Å². The molecule has 0 bridgehead atoms. The maximum atomic E-state index is 11.1. The number of likely N-dealkylation sites (tertiary alicyclic amines) is 1. The number of hydrogen-bond donors (Lipinski definition) is 2. The zero-order valence-corrected chi connectivity index (χ0v) is 17.1. The number of aliphatic hydroxyl groups is 1. The van der Waals surface area contributed by atoms with Gasteiger partial charge in [-0.1, -0.05) is 23.5 Å². The fourth-order valence-electron chi connectivity index (χ4n) is 3.89. The molecule has 1 fully saturated rings. The van der Waals surface area contributed by atoms with E-state index in [-0.39, 0.29) is 23.7 Å². The standard InChI is InChI=1S/C20H19N5O5S/c26-14-7-9-23(10-8-14)16(12-3-5-13(6-4-12)25(28)29)17-19(27)24-20(31-17)21-18(22-24)15-2-1-11-30-15/h1-6,11,14,16,26-27H,7-10H2/t16-/m0/s1. The highest BCUT2D eigenvalue weighted by Gasteiger charge is 2.32. The van der Waals surface area contributed by atoms with Crippen LogP contribution in [0.25, 0.3) is 16.5 Å². The summed E-state index contributed by atoms with van der Waals surface area (Å²) >= 11 is 1.31. The third kappa shape index (κ3) is 3.56. The Morgan fingerprint density at radius 1 is 1.23 bits per heavy atom. The van der Waals surface area contributed by atoms with Gasteiger partial charge in [0.05, 0.1) is 28.2 Å². The van der Waals surface area contributed by atoms with Crippen LogP contribution in [-0.4, -0.2) is 53.8 Å². The second-order valence-electron chi connectivity index (χ2n) is 7.42. The highest BCUT2D eigenvalue weighted by atomic mass is 32.1. The molecule has 1 aliphatic heterocycles. The normalized spacial score (nSPS) is 16.7. The number of aromatic hydroxyl groups is 1. The number of rotatable bonds is 5. The number of aliphatic hydroxyl groups excluding tert-OH is 1. The van der Waals surface area contributed by atoms with Crippen molar-refractivity contribution in [2.45, 2.75) is 25.0 Å². The van der Waals surface area contributed by atoms with Crippen molar-refractivity contribution in [2.75, 3.05) is 13.1 Å². The van der Waals surface area contributed by atoms with Crippen LogP contribution in [0.2, 0.25) is 0 Å². The Kier molecular flexibility index (Phi) is 4.93. The molecular weight excluding hydrogens is 422 g/mol. The fourth-order valence-corrected chi connectivity index (χ4v) is 5.01. The molecule has 1 saturated heterocycles. The summed E-state index contributed by atoms with van der Waals surface area (Å²) < 4.78 is 6.72. The number of nitro benzene ring substituents is 1. The maximum absolute atomic E-state index is 11.1. The quantitative estimate of drug-likeness (QED) is 0.357. The van der Waals surface area contributed by atoms with Crippen LogP contribution in [0.5, 0.6) is 5.88 Å². The molecule has 4 heterocycles. The third-order valence-corrected chi connectivity index (χ3v) is 6.55. The third-order valence-electron chi connectivity index (χ3n) is 5.47. The molecule has 2 N–H and O–H groups in total. The lowest BCUT2D eigenvalue weighted by molar-refractivity contribution is -0.384. The van der Waals surface area contributed by atoms with Gasteiger partial charge in [-0.05, 0) is 30.5 Å². The Balaban J connectivity index is 1.57. The van der Waals surface area contributed by atoms with E-state index < -0.39 is 4.92 Å². The zero-order chi connectivity index (χ0) is 21.5. The largest absolute Gasteiger partial charge is 0.492 e. The van der Waals surface area contributed by atoms with Gasteiger partial charge in [-0.25, -0.2) is 0 Å². The molecular formula is C20H19N5O5S. The van der Waals surface area contributed by atoms with Gasteiger partial charge in [-0.3, -0.25) is 15.0 Å². The molecule has 0 radical (unpaired) electrons. The zero-order valence-electron chi connectivity index (χ0n) is 16.3. The number of hydrogen-bond acceptors (Lipinski definition) is 9. The first-order chi connectivity index (χ1) is 15.0. The van der Waals surface area contributed by atoms with Gasteiger partial charge >= 0.3 is 0 Å². The van der Waals surface area contributed by atoms with Crippen molar-refractivity contribution >= 4 is 22.0 Å². The lowest BCUT2D eigenvalue weighted by Crippen LogP contribution is -2.38. The van der Waals surface area contributed by atoms with Gasteiger partial charge < -0.3 is 14.6 Å². The molecule has 0 amide bonds. The van der Waals surface area contributed by atoms with Crippen LogP contribution in [0.4, 0.5) is 5.69 Å². The molecule has 160 valence electrons. The molecule has 1 aromatic carbocycles. The predicted molar refractivity (Wildman–Crippen MR) is 112 cm³/mol. The van der Waals surface area contributed by atoms with Crippen molar-refractivity contribution in [1.29, 1.82) is 0 Å². The molecule has 4 aromatic rings. The van der Waals surface area contributed by atoms with E-state index in [1.165, 1.54) is 34.2 Å². The van der Waals surface area contributed by atoms with Crippen LogP contribution in [0.3, 0.4) is 0 Å². The van der Waals surface area contributed by atoms with E-state index in [2.05, 4.69) is 15.0 Å². The number of furan rings is 1. The van der Waals surface area contributed by atoms with Crippen molar-refractivity contribution in [3.63, 3.8) is 0 Å². The summed E-state index contributed by atoms with van der Waals surface area (Å²) in [4.78, 5) is 18.4. The summed E-state index contributed by atoms with van der Waals surface area (Å²) in [5.74, 6) is 0.861. The average molecular weight is 441 g/mol. The van der Waals surface area contributed by atoms with E-state index >= 15 is 0 Å². The number of fused-ring (bicyclic) bond motifs is 1. The van der Waals surface area contributed by atoms with Crippen molar-refractivity contribution in [1.82, 2.24) is 19.5 Å². The number of nitrogens with zero attached hydrogens (tertiary/aromatic N) is 5. The van der Waals surface area contributed by atoms with E-state index in [1.54, 1.807) is 24.3 Å². The number of piperidine rings is 1. The first-order valence-corrected chi connectivity index (χ1v) is 10.6. The number of nitro groups is 1. The van der Waals surface area contributed by atoms with E-state index in [0.717, 1.165) is 5.56 Å². The highest BCUT2D eigenvalue weighted by Crippen LogP contribution is 2.41. The smallest absolute Gasteiger partial charge is 0.269 e. The van der Waals surface area contributed by atoms with Crippen LogP contribution in [0, 0.1) is 10.1 Å². The Hall–Kier alpha value is -3.28. The Morgan fingerprint density at radius 2 is 1.97 bits per heavy atom. The van der Waals surface area contributed by atoms with E-state index in [0.29, 0.717) is 47.4 Å². The van der Waals surface area contributed by atoms with Gasteiger partial charge in [-0.2, -0.15) is 9.50 Å². The first kappa shape index (κ1) is 19.7. The minimum atomic E-state index is -0.438. The molecule has 1 aliphatic rings. The van der Waals surface area contributed by atoms with Gasteiger partial charge in [-0.15, -0.1) is 5.10 Å². The molecule has 10 nitrogen and oxygen atoms in total. The summed E-state index contributed by atoms with van der Waals surface area (Å²) in [5.41, 5.74) is 0.819. The number of aromatic nitrogens is 3. The van der Waals surface area contributed by atoms with E-state index in [4.69, 9.17) is 4.42 Å². The molecule has 0 unspecified atom stereocenters. The van der Waals surface area contributed by atoms with E-state index in [1.807, 2.05) is 0 Å². The van der Waals surface area contributed by atoms with Crippen LogP contribution >= 0.6 is 11.3 Å². The second kappa shape index (κ2) is 7.76. The first-order valence-electron chi connectivity index (χ1n) is 9.80. The SMILES string of the molecule is O=[N+]([O-])c1ccc([C@@H](c2sc3nc(-c4ccco4)nn3c2O)N2CCC(O)CC2)cc1. The Bertz CT molecular complexity index is 1210. The van der Waals surface area contributed by atoms with Crippen LogP contribution < -0.4 is 0 Å². The minimum Gasteiger partial charge on any atom is -0.492 e. The summed E-state index contributed by atoms with van der Waals surface area (Å²) in [6.45, 7) is 1.26. The number of non-ortho nitro benzene ring substituents is 1. The van der Waals surface area contributed by atoms with Crippen molar-refractivity contribution < 1.29 is 19.6 Å². The summed E-state index contributed by atoms with van der Waals surface area (Å²) in [6.07, 6.45) is 2.42. The second-order valence-corrected chi connectivity index (χ2v) is 8.42. The van der Waals surface area contributed by atoms with Gasteiger partial charge in [0.25, 0.3) is 5.69 Å². The van der Waals surface area contributed by atoms with Gasteiger partial charge in [0.15, 0.2) is 5.76 Å². The van der Waals surface area contributed by atoms with Crippen molar-refractivity contribution in [2.24, 2.45) is 0 Å². The van der Waals surface area contributed by atoms with Crippen molar-refractivity contribution in [3.8, 4) is 17.5 Å². The highest BCUT2D eigenvalue weighted by molar-refractivity contribution is 7.17. The van der Waals surface area contributed by atoms with Crippen LogP contribution in [0.15, 0.2) is 47.1 Å². The molecule has 1 atom stereocenters. The van der Waals surface area contributed by atoms with Crippen molar-refractivity contribution in [3.05, 3.63) is 63.2 Å². The number of benzene rings is 1. The van der Waals surface area contributed by atoms with Gasteiger partial charge in [0.2, 0.25) is 16.7 Å². The summed E-state index contributed by atoms with van der Waals surface area (Å²) in [5, 5.41) is 36.4. The topological polar surface area (TPSA) is 130 Å². The molecule has 0 spiro atoms. The molecule has 5 rings (SSSR count). The van der Waals surface area contributed by atoms with Gasteiger partial charge in [0, 0.05) is 25.2 Å². The summed E-state index contributed by atoms with van der Waals surface area (Å²) in [7, 11) is 0. The molecule has 3 aromatic heterocycles. The molecule has 0 aliphatic carbocycles. The molecule has 11 heteroatoms. The molecule has 31 heavy (non-hydrogen) atoms. The van der Waals surface area contributed by atoms with Crippen LogP contribution in [0.1, 0.15) is 29.3 Å². The lowest BCUT2D eigenvalue weighted by atomic mass is 9.99. The Labute approximate surface area is 180 Å². The maximum Gasteiger partial charge on any atom is 0.269 e.